The lowest BCUT2D eigenvalue weighted by molar-refractivity contribution is 0.202. The second-order valence-electron chi connectivity index (χ2n) is 5.45. The zero-order valence-electron chi connectivity index (χ0n) is 10.8. The van der Waals surface area contributed by atoms with Crippen molar-refractivity contribution in [2.75, 3.05) is 6.54 Å². The van der Waals surface area contributed by atoms with E-state index in [0.717, 1.165) is 19.3 Å². The van der Waals surface area contributed by atoms with Crippen LogP contribution in [0.3, 0.4) is 0 Å². The molecule has 2 heterocycles. The zero-order valence-corrected chi connectivity index (χ0v) is 12.4. The molecule has 1 saturated carbocycles. The van der Waals surface area contributed by atoms with Gasteiger partial charge in [-0.25, -0.2) is 8.42 Å². The number of aliphatic hydroxyl groups excluding tert-OH is 1. The highest BCUT2D eigenvalue weighted by Gasteiger charge is 2.41. The predicted octanol–water partition coefficient (Wildman–Crippen LogP) is 2.19. The second-order valence-corrected chi connectivity index (χ2v) is 8.48. The van der Waals surface area contributed by atoms with Crippen LogP contribution in [0, 0.1) is 5.92 Å². The van der Waals surface area contributed by atoms with Crippen molar-refractivity contribution in [2.45, 2.75) is 49.0 Å². The lowest BCUT2D eigenvalue weighted by atomic mass is 9.94. The summed E-state index contributed by atoms with van der Waals surface area (Å²) in [6, 6.07) is 1.82. The highest BCUT2D eigenvalue weighted by Crippen LogP contribution is 2.40. The topological polar surface area (TPSA) is 57.6 Å². The summed E-state index contributed by atoms with van der Waals surface area (Å²) in [7, 11) is -3.36. The normalized spacial score (nSPS) is 28.5. The average molecular weight is 301 g/mol. The van der Waals surface area contributed by atoms with Gasteiger partial charge >= 0.3 is 0 Å². The van der Waals surface area contributed by atoms with Crippen molar-refractivity contribution < 1.29 is 13.5 Å². The molecule has 2 fully saturated rings. The lowest BCUT2D eigenvalue weighted by Gasteiger charge is -2.36. The molecule has 6 heteroatoms. The summed E-state index contributed by atoms with van der Waals surface area (Å²) in [4.78, 5) is 0. The minimum Gasteiger partial charge on any atom is -0.392 e. The van der Waals surface area contributed by atoms with Gasteiger partial charge < -0.3 is 5.11 Å². The van der Waals surface area contributed by atoms with Crippen molar-refractivity contribution in [1.29, 1.82) is 0 Å². The molecule has 1 aliphatic heterocycles. The molecule has 1 aromatic rings. The fraction of sp³-hybridized carbons (Fsp3) is 0.692. The molecule has 0 amide bonds. The third-order valence-corrected chi connectivity index (χ3v) is 7.71. The van der Waals surface area contributed by atoms with Crippen LogP contribution in [0.2, 0.25) is 0 Å². The first-order valence-electron chi connectivity index (χ1n) is 6.83. The maximum Gasteiger partial charge on any atom is 0.252 e. The van der Waals surface area contributed by atoms with Gasteiger partial charge in [-0.2, -0.15) is 4.31 Å². The van der Waals surface area contributed by atoms with Gasteiger partial charge in [-0.1, -0.05) is 6.42 Å². The Kier molecular flexibility index (Phi) is 3.68. The Bertz CT molecular complexity index is 552. The van der Waals surface area contributed by atoms with E-state index in [0.29, 0.717) is 22.2 Å². The summed E-state index contributed by atoms with van der Waals surface area (Å²) in [6.45, 7) is 0.550. The summed E-state index contributed by atoms with van der Waals surface area (Å²) in [5.74, 6) is 0.556. The van der Waals surface area contributed by atoms with Crippen molar-refractivity contribution >= 4 is 21.4 Å². The van der Waals surface area contributed by atoms with Crippen LogP contribution in [0.4, 0.5) is 0 Å². The Hall–Kier alpha value is -0.430. The SMILES string of the molecule is O=S(=O)(c1cc(CO)cs1)N1CCCC2CCCC21. The van der Waals surface area contributed by atoms with E-state index in [1.807, 2.05) is 0 Å². The molecule has 4 nitrogen and oxygen atoms in total. The lowest BCUT2D eigenvalue weighted by Crippen LogP contribution is -2.45. The van der Waals surface area contributed by atoms with Gasteiger partial charge in [0.15, 0.2) is 0 Å². The molecule has 1 N–H and O–H groups in total. The van der Waals surface area contributed by atoms with Gasteiger partial charge in [0.2, 0.25) is 0 Å². The number of hydrogen-bond acceptors (Lipinski definition) is 4. The molecule has 1 aromatic heterocycles. The first-order chi connectivity index (χ1) is 9.13. The van der Waals surface area contributed by atoms with Crippen LogP contribution in [0.5, 0.6) is 0 Å². The Morgan fingerprint density at radius 3 is 2.84 bits per heavy atom. The second kappa shape index (κ2) is 5.16. The molecule has 0 radical (unpaired) electrons. The van der Waals surface area contributed by atoms with Gasteiger partial charge in [0.1, 0.15) is 4.21 Å². The van der Waals surface area contributed by atoms with Crippen molar-refractivity contribution in [3.05, 3.63) is 17.0 Å². The number of nitrogens with zero attached hydrogens (tertiary/aromatic N) is 1. The van der Waals surface area contributed by atoms with Crippen molar-refractivity contribution in [1.82, 2.24) is 4.31 Å². The van der Waals surface area contributed by atoms with E-state index < -0.39 is 10.0 Å². The van der Waals surface area contributed by atoms with E-state index in [1.54, 1.807) is 15.8 Å². The highest BCUT2D eigenvalue weighted by molar-refractivity contribution is 7.91. The van der Waals surface area contributed by atoms with Crippen LogP contribution in [0.1, 0.15) is 37.7 Å². The fourth-order valence-electron chi connectivity index (χ4n) is 3.39. The highest BCUT2D eigenvalue weighted by atomic mass is 32.2. The van der Waals surface area contributed by atoms with E-state index in [1.165, 1.54) is 24.2 Å². The van der Waals surface area contributed by atoms with Crippen LogP contribution >= 0.6 is 11.3 Å². The van der Waals surface area contributed by atoms with Crippen LogP contribution < -0.4 is 0 Å². The first-order valence-corrected chi connectivity index (χ1v) is 9.15. The molecule has 1 saturated heterocycles. The summed E-state index contributed by atoms with van der Waals surface area (Å²) < 4.78 is 27.5. The Labute approximate surface area is 118 Å². The third kappa shape index (κ3) is 2.35. The van der Waals surface area contributed by atoms with Gasteiger partial charge in [-0.05, 0) is 48.6 Å². The van der Waals surface area contributed by atoms with Crippen LogP contribution in [0.25, 0.3) is 0 Å². The number of fused-ring (bicyclic) bond motifs is 1. The molecule has 0 aromatic carbocycles. The predicted molar refractivity (Wildman–Crippen MR) is 74.5 cm³/mol. The number of piperidine rings is 1. The third-order valence-electron chi connectivity index (χ3n) is 4.32. The first kappa shape index (κ1) is 13.5. The van der Waals surface area contributed by atoms with Crippen LogP contribution in [-0.4, -0.2) is 30.4 Å². The molecule has 19 heavy (non-hydrogen) atoms. The standard InChI is InChI=1S/C13H19NO3S2/c15-8-10-7-13(18-9-10)19(16,17)14-6-2-4-11-3-1-5-12(11)14/h7,9,11-12,15H,1-6,8H2. The smallest absolute Gasteiger partial charge is 0.252 e. The van der Waals surface area contributed by atoms with Crippen LogP contribution in [0.15, 0.2) is 15.7 Å². The van der Waals surface area contributed by atoms with Crippen molar-refractivity contribution in [2.24, 2.45) is 5.92 Å². The average Bonchev–Trinajstić information content (AvgIpc) is 3.06. The summed E-state index contributed by atoms with van der Waals surface area (Å²) in [5, 5.41) is 10.8. The van der Waals surface area contributed by atoms with Crippen LogP contribution in [-0.2, 0) is 16.6 Å². The summed E-state index contributed by atoms with van der Waals surface area (Å²) in [5.41, 5.74) is 0.684. The monoisotopic (exact) mass is 301 g/mol. The molecule has 0 bridgehead atoms. The zero-order chi connectivity index (χ0) is 13.5. The molecule has 1 aliphatic carbocycles. The Balaban J connectivity index is 1.90. The van der Waals surface area contributed by atoms with E-state index in [-0.39, 0.29) is 12.6 Å². The number of hydrogen-bond donors (Lipinski definition) is 1. The molecule has 2 unspecified atom stereocenters. The molecule has 2 atom stereocenters. The molecule has 0 spiro atoms. The number of sulfonamides is 1. The minimum atomic E-state index is -3.36. The van der Waals surface area contributed by atoms with E-state index >= 15 is 0 Å². The summed E-state index contributed by atoms with van der Waals surface area (Å²) in [6.07, 6.45) is 5.46. The molecule has 2 aliphatic rings. The van der Waals surface area contributed by atoms with Gasteiger partial charge in [-0.15, -0.1) is 11.3 Å². The van der Waals surface area contributed by atoms with Gasteiger partial charge in [0, 0.05) is 12.6 Å². The largest absolute Gasteiger partial charge is 0.392 e. The van der Waals surface area contributed by atoms with E-state index in [9.17, 15) is 8.42 Å². The molecule has 106 valence electrons. The maximum atomic E-state index is 12.7. The van der Waals surface area contributed by atoms with E-state index in [4.69, 9.17) is 5.11 Å². The fourth-order valence-corrected chi connectivity index (χ4v) is 6.48. The quantitative estimate of drug-likeness (QED) is 0.931. The van der Waals surface area contributed by atoms with Gasteiger partial charge in [-0.3, -0.25) is 0 Å². The molecular weight excluding hydrogens is 282 g/mol. The maximum absolute atomic E-state index is 12.7. The van der Waals surface area contributed by atoms with Crippen molar-refractivity contribution in [3.8, 4) is 0 Å². The number of thiophene rings is 1. The molecular formula is C13H19NO3S2. The Morgan fingerprint density at radius 1 is 1.32 bits per heavy atom. The van der Waals surface area contributed by atoms with E-state index in [2.05, 4.69) is 0 Å². The number of aliphatic hydroxyl groups is 1. The number of rotatable bonds is 3. The summed E-state index contributed by atoms with van der Waals surface area (Å²) >= 11 is 1.22. The Morgan fingerprint density at radius 2 is 2.11 bits per heavy atom. The van der Waals surface area contributed by atoms with Crippen molar-refractivity contribution in [3.63, 3.8) is 0 Å². The van der Waals surface area contributed by atoms with Gasteiger partial charge in [0.05, 0.1) is 6.61 Å². The van der Waals surface area contributed by atoms with Gasteiger partial charge in [0.25, 0.3) is 10.0 Å². The molecule has 3 rings (SSSR count). The minimum absolute atomic E-state index is 0.0991.